The van der Waals surface area contributed by atoms with Gasteiger partial charge in [-0.2, -0.15) is 0 Å². The standard InChI is InChI=1S/C30H32FN5O2/c1-34-16-18-36(19-17-34)15-14-27(37)35(2)24-11-9-23(10-12-24)32-29(21-6-4-3-5-7-21)28-25-13-8-22(31)20-26(25)33-30(28)38/h3-13,20,32H,14-19H2,1-2H3,(H,33,38)/b29-28-. The number of hydrogen-bond donors (Lipinski definition) is 2. The SMILES string of the molecule is CN1CCN(CCC(=O)N(C)c2ccc(N/C(=C3\C(=O)Nc4cc(F)ccc43)c3ccccc3)cc2)CC1. The quantitative estimate of drug-likeness (QED) is 0.460. The smallest absolute Gasteiger partial charge is 0.258 e. The summed E-state index contributed by atoms with van der Waals surface area (Å²) >= 11 is 0. The molecule has 38 heavy (non-hydrogen) atoms. The summed E-state index contributed by atoms with van der Waals surface area (Å²) in [4.78, 5) is 32.1. The fourth-order valence-electron chi connectivity index (χ4n) is 4.83. The molecule has 8 heteroatoms. The lowest BCUT2D eigenvalue weighted by molar-refractivity contribution is -0.118. The molecule has 2 heterocycles. The molecular formula is C30H32FN5O2. The van der Waals surface area contributed by atoms with E-state index in [9.17, 15) is 14.0 Å². The first-order valence-electron chi connectivity index (χ1n) is 12.8. The van der Waals surface area contributed by atoms with Crippen LogP contribution in [-0.2, 0) is 9.59 Å². The molecule has 0 unspecified atom stereocenters. The van der Waals surface area contributed by atoms with Crippen LogP contribution in [0, 0.1) is 5.82 Å². The summed E-state index contributed by atoms with van der Waals surface area (Å²) in [6, 6.07) is 21.4. The number of piperazine rings is 1. The van der Waals surface area contributed by atoms with Crippen molar-refractivity contribution in [1.82, 2.24) is 9.80 Å². The molecule has 3 aromatic rings. The van der Waals surface area contributed by atoms with Gasteiger partial charge < -0.3 is 25.3 Å². The first kappa shape index (κ1) is 25.6. The molecule has 0 spiro atoms. The molecule has 7 nitrogen and oxygen atoms in total. The second-order valence-corrected chi connectivity index (χ2v) is 9.78. The van der Waals surface area contributed by atoms with Crippen molar-refractivity contribution in [3.63, 3.8) is 0 Å². The minimum Gasteiger partial charge on any atom is -0.354 e. The molecule has 2 N–H and O–H groups in total. The Kier molecular flexibility index (Phi) is 7.53. The molecule has 2 amide bonds. The Hall–Kier alpha value is -4.01. The lowest BCUT2D eigenvalue weighted by atomic mass is 10.00. The monoisotopic (exact) mass is 513 g/mol. The van der Waals surface area contributed by atoms with Crippen LogP contribution in [-0.4, -0.2) is 68.4 Å². The summed E-state index contributed by atoms with van der Waals surface area (Å²) in [5, 5.41) is 6.17. The number of fused-ring (bicyclic) bond motifs is 1. The molecule has 0 atom stereocenters. The van der Waals surface area contributed by atoms with Gasteiger partial charge in [0.2, 0.25) is 5.91 Å². The lowest BCUT2D eigenvalue weighted by Crippen LogP contribution is -2.45. The molecule has 0 aromatic heterocycles. The Morgan fingerprint density at radius 1 is 1.00 bits per heavy atom. The van der Waals surface area contributed by atoms with Crippen molar-refractivity contribution in [2.24, 2.45) is 0 Å². The van der Waals surface area contributed by atoms with Crippen LogP contribution in [0.3, 0.4) is 0 Å². The van der Waals surface area contributed by atoms with Gasteiger partial charge in [-0.3, -0.25) is 9.59 Å². The number of carbonyl (C=O) groups excluding carboxylic acids is 2. The van der Waals surface area contributed by atoms with Crippen molar-refractivity contribution in [3.8, 4) is 0 Å². The van der Waals surface area contributed by atoms with Gasteiger partial charge in [-0.1, -0.05) is 30.3 Å². The van der Waals surface area contributed by atoms with E-state index in [0.717, 1.165) is 49.7 Å². The average molecular weight is 514 g/mol. The summed E-state index contributed by atoms with van der Waals surface area (Å²) in [6.07, 6.45) is 0.472. The maximum atomic E-state index is 13.8. The van der Waals surface area contributed by atoms with E-state index in [1.165, 1.54) is 12.1 Å². The van der Waals surface area contributed by atoms with E-state index < -0.39 is 5.82 Å². The minimum absolute atomic E-state index is 0.0724. The van der Waals surface area contributed by atoms with Crippen LogP contribution in [0.15, 0.2) is 72.8 Å². The first-order valence-corrected chi connectivity index (χ1v) is 12.8. The molecule has 3 aromatic carbocycles. The van der Waals surface area contributed by atoms with Gasteiger partial charge in [-0.25, -0.2) is 4.39 Å². The van der Waals surface area contributed by atoms with Gasteiger partial charge >= 0.3 is 0 Å². The number of likely N-dealkylation sites (N-methyl/N-ethyl adjacent to an activating group) is 1. The summed E-state index contributed by atoms with van der Waals surface area (Å²) in [5.41, 5.74) is 4.56. The fraction of sp³-hybridized carbons (Fsp3) is 0.267. The van der Waals surface area contributed by atoms with Crippen molar-refractivity contribution in [2.45, 2.75) is 6.42 Å². The molecule has 0 radical (unpaired) electrons. The third kappa shape index (κ3) is 5.61. The molecular weight excluding hydrogens is 481 g/mol. The fourth-order valence-corrected chi connectivity index (χ4v) is 4.83. The maximum Gasteiger partial charge on any atom is 0.258 e. The third-order valence-corrected chi connectivity index (χ3v) is 7.17. The van der Waals surface area contributed by atoms with Crippen LogP contribution in [0.2, 0.25) is 0 Å². The van der Waals surface area contributed by atoms with Gasteiger partial charge in [-0.05, 0) is 55.1 Å². The van der Waals surface area contributed by atoms with Crippen LogP contribution in [0.25, 0.3) is 11.3 Å². The molecule has 2 aliphatic heterocycles. The zero-order valence-corrected chi connectivity index (χ0v) is 21.7. The summed E-state index contributed by atoms with van der Waals surface area (Å²) in [7, 11) is 3.92. The normalized spacial score (nSPS) is 17.1. The van der Waals surface area contributed by atoms with E-state index in [4.69, 9.17) is 0 Å². The first-order chi connectivity index (χ1) is 18.4. The number of hydrogen-bond acceptors (Lipinski definition) is 5. The number of benzene rings is 3. The number of halogens is 1. The zero-order chi connectivity index (χ0) is 26.6. The second-order valence-electron chi connectivity index (χ2n) is 9.78. The van der Waals surface area contributed by atoms with Crippen LogP contribution in [0.5, 0.6) is 0 Å². The van der Waals surface area contributed by atoms with Gasteiger partial charge in [0.05, 0.1) is 17.0 Å². The average Bonchev–Trinajstić information content (AvgIpc) is 3.26. The van der Waals surface area contributed by atoms with E-state index in [-0.39, 0.29) is 11.8 Å². The van der Waals surface area contributed by atoms with E-state index in [1.54, 1.807) is 18.0 Å². The predicted molar refractivity (Wildman–Crippen MR) is 150 cm³/mol. The van der Waals surface area contributed by atoms with Crippen LogP contribution in [0.1, 0.15) is 17.5 Å². The number of nitrogens with one attached hydrogen (secondary N) is 2. The molecule has 0 aliphatic carbocycles. The molecule has 1 fully saturated rings. The van der Waals surface area contributed by atoms with Gasteiger partial charge in [0, 0.05) is 63.1 Å². The van der Waals surface area contributed by atoms with Crippen molar-refractivity contribution in [3.05, 3.63) is 89.7 Å². The van der Waals surface area contributed by atoms with Crippen LogP contribution < -0.4 is 15.5 Å². The Labute approximate surface area is 222 Å². The molecule has 0 saturated carbocycles. The van der Waals surface area contributed by atoms with Gasteiger partial charge in [-0.15, -0.1) is 0 Å². The second kappa shape index (κ2) is 11.2. The van der Waals surface area contributed by atoms with E-state index in [2.05, 4.69) is 27.5 Å². The van der Waals surface area contributed by atoms with Crippen molar-refractivity contribution in [1.29, 1.82) is 0 Å². The van der Waals surface area contributed by atoms with E-state index >= 15 is 0 Å². The third-order valence-electron chi connectivity index (χ3n) is 7.17. The molecule has 196 valence electrons. The van der Waals surface area contributed by atoms with Gasteiger partial charge in [0.25, 0.3) is 5.91 Å². The predicted octanol–water partition coefficient (Wildman–Crippen LogP) is 4.36. The van der Waals surface area contributed by atoms with E-state index in [1.807, 2.05) is 54.6 Å². The highest BCUT2D eigenvalue weighted by Gasteiger charge is 2.29. The molecule has 1 saturated heterocycles. The van der Waals surface area contributed by atoms with Gasteiger partial charge in [0.15, 0.2) is 0 Å². The Morgan fingerprint density at radius 2 is 1.71 bits per heavy atom. The molecule has 0 bridgehead atoms. The number of anilines is 3. The Balaban J connectivity index is 1.34. The zero-order valence-electron chi connectivity index (χ0n) is 21.7. The maximum absolute atomic E-state index is 13.8. The Bertz CT molecular complexity index is 1350. The van der Waals surface area contributed by atoms with Gasteiger partial charge in [0.1, 0.15) is 5.82 Å². The summed E-state index contributed by atoms with van der Waals surface area (Å²) in [5.74, 6) is -0.625. The highest BCUT2D eigenvalue weighted by Crippen LogP contribution is 2.38. The highest BCUT2D eigenvalue weighted by atomic mass is 19.1. The van der Waals surface area contributed by atoms with Crippen molar-refractivity contribution >= 4 is 40.1 Å². The van der Waals surface area contributed by atoms with Crippen molar-refractivity contribution in [2.75, 3.05) is 62.4 Å². The largest absolute Gasteiger partial charge is 0.354 e. The minimum atomic E-state index is -0.405. The summed E-state index contributed by atoms with van der Waals surface area (Å²) < 4.78 is 13.8. The summed E-state index contributed by atoms with van der Waals surface area (Å²) in [6.45, 7) is 4.81. The number of carbonyl (C=O) groups is 2. The van der Waals surface area contributed by atoms with E-state index in [0.29, 0.717) is 28.9 Å². The lowest BCUT2D eigenvalue weighted by Gasteiger charge is -2.32. The number of nitrogens with zero attached hydrogens (tertiary/aromatic N) is 3. The topological polar surface area (TPSA) is 67.9 Å². The van der Waals surface area contributed by atoms with Crippen LogP contribution >= 0.6 is 0 Å². The number of rotatable bonds is 7. The van der Waals surface area contributed by atoms with Crippen LogP contribution in [0.4, 0.5) is 21.5 Å². The Morgan fingerprint density at radius 3 is 2.42 bits per heavy atom. The van der Waals surface area contributed by atoms with Crippen molar-refractivity contribution < 1.29 is 14.0 Å². The molecule has 5 rings (SSSR count). The highest BCUT2D eigenvalue weighted by molar-refractivity contribution is 6.37. The molecule has 2 aliphatic rings. The number of amides is 2.